The second kappa shape index (κ2) is 7.97. The van der Waals surface area contributed by atoms with Gasteiger partial charge in [-0.2, -0.15) is 0 Å². The van der Waals surface area contributed by atoms with Crippen LogP contribution in [0.15, 0.2) is 54.6 Å². The van der Waals surface area contributed by atoms with Gasteiger partial charge in [-0.1, -0.05) is 42.5 Å². The van der Waals surface area contributed by atoms with Gasteiger partial charge in [0.05, 0.1) is 13.2 Å². The van der Waals surface area contributed by atoms with E-state index in [0.717, 1.165) is 18.9 Å². The fourth-order valence-corrected chi connectivity index (χ4v) is 2.64. The van der Waals surface area contributed by atoms with Gasteiger partial charge < -0.3 is 14.8 Å². The molecule has 2 aromatic rings. The van der Waals surface area contributed by atoms with Crippen LogP contribution in [0.25, 0.3) is 0 Å². The van der Waals surface area contributed by atoms with Crippen molar-refractivity contribution in [2.24, 2.45) is 0 Å². The van der Waals surface area contributed by atoms with E-state index in [1.807, 2.05) is 30.3 Å². The molecular weight excluding hydrogens is 274 g/mol. The smallest absolute Gasteiger partial charge is 0.119 e. The predicted octanol–water partition coefficient (Wildman–Crippen LogP) is 3.53. The summed E-state index contributed by atoms with van der Waals surface area (Å²) >= 11 is 0. The molecule has 0 spiro atoms. The van der Waals surface area contributed by atoms with Crippen molar-refractivity contribution in [1.29, 1.82) is 0 Å². The van der Waals surface area contributed by atoms with Gasteiger partial charge in [0.1, 0.15) is 12.4 Å². The molecule has 0 radical (unpaired) electrons. The number of rotatable bonds is 7. The van der Waals surface area contributed by atoms with E-state index < -0.39 is 0 Å². The molecule has 0 saturated carbocycles. The third-order valence-electron chi connectivity index (χ3n) is 3.92. The first-order chi connectivity index (χ1) is 10.9. The minimum Gasteiger partial charge on any atom is -0.489 e. The lowest BCUT2D eigenvalue weighted by atomic mass is 10.2. The SMILES string of the molecule is c1ccc(COc2ccc(COCC3CCCN3)cc2)cc1. The van der Waals surface area contributed by atoms with Crippen molar-refractivity contribution in [2.45, 2.75) is 32.1 Å². The molecule has 0 aromatic heterocycles. The molecule has 1 unspecified atom stereocenters. The molecule has 1 atom stereocenters. The summed E-state index contributed by atoms with van der Waals surface area (Å²) in [5.74, 6) is 0.894. The third-order valence-corrected chi connectivity index (χ3v) is 3.92. The van der Waals surface area contributed by atoms with Crippen molar-refractivity contribution in [3.05, 3.63) is 65.7 Å². The van der Waals surface area contributed by atoms with Crippen LogP contribution in [0, 0.1) is 0 Å². The van der Waals surface area contributed by atoms with Crippen LogP contribution >= 0.6 is 0 Å². The average Bonchev–Trinajstić information content (AvgIpc) is 3.08. The Kier molecular flexibility index (Phi) is 5.46. The standard InChI is InChI=1S/C19H23NO2/c1-2-5-16(6-3-1)14-22-19-10-8-17(9-11-19)13-21-15-18-7-4-12-20-18/h1-3,5-6,8-11,18,20H,4,7,12-15H2. The highest BCUT2D eigenvalue weighted by molar-refractivity contribution is 5.27. The van der Waals surface area contributed by atoms with Crippen molar-refractivity contribution < 1.29 is 9.47 Å². The van der Waals surface area contributed by atoms with Crippen LogP contribution in [0.1, 0.15) is 24.0 Å². The van der Waals surface area contributed by atoms with Gasteiger partial charge in [-0.3, -0.25) is 0 Å². The molecular formula is C19H23NO2. The average molecular weight is 297 g/mol. The number of hydrogen-bond acceptors (Lipinski definition) is 3. The number of nitrogens with one attached hydrogen (secondary N) is 1. The van der Waals surface area contributed by atoms with Crippen molar-refractivity contribution >= 4 is 0 Å². The summed E-state index contributed by atoms with van der Waals surface area (Å²) in [6.45, 7) is 3.19. The first-order valence-electron chi connectivity index (χ1n) is 7.97. The summed E-state index contributed by atoms with van der Waals surface area (Å²) in [4.78, 5) is 0. The molecule has 1 aliphatic heterocycles. The Labute approximate surface area is 132 Å². The van der Waals surface area contributed by atoms with Crippen LogP contribution in [-0.2, 0) is 18.0 Å². The molecule has 22 heavy (non-hydrogen) atoms. The molecule has 1 heterocycles. The minimum atomic E-state index is 0.536. The van der Waals surface area contributed by atoms with Crippen LogP contribution < -0.4 is 10.1 Å². The Bertz CT molecular complexity index is 547. The zero-order chi connectivity index (χ0) is 15.0. The maximum absolute atomic E-state index is 5.78. The molecule has 0 aliphatic carbocycles. The van der Waals surface area contributed by atoms with Crippen LogP contribution in [-0.4, -0.2) is 19.2 Å². The number of ether oxygens (including phenoxy) is 2. The van der Waals surface area contributed by atoms with Crippen molar-refractivity contribution in [1.82, 2.24) is 5.32 Å². The molecule has 3 heteroatoms. The largest absolute Gasteiger partial charge is 0.489 e. The maximum Gasteiger partial charge on any atom is 0.119 e. The Morgan fingerprint density at radius 3 is 2.41 bits per heavy atom. The van der Waals surface area contributed by atoms with Gasteiger partial charge in [0.25, 0.3) is 0 Å². The predicted molar refractivity (Wildman–Crippen MR) is 87.9 cm³/mol. The first-order valence-corrected chi connectivity index (χ1v) is 7.97. The van der Waals surface area contributed by atoms with E-state index in [-0.39, 0.29) is 0 Å². The normalized spacial score (nSPS) is 17.5. The Hall–Kier alpha value is -1.84. The van der Waals surface area contributed by atoms with E-state index in [9.17, 15) is 0 Å². The minimum absolute atomic E-state index is 0.536. The van der Waals surface area contributed by atoms with Gasteiger partial charge in [0, 0.05) is 6.04 Å². The number of benzene rings is 2. The molecule has 1 N–H and O–H groups in total. The molecule has 2 aromatic carbocycles. The lowest BCUT2D eigenvalue weighted by molar-refractivity contribution is 0.103. The van der Waals surface area contributed by atoms with E-state index in [4.69, 9.17) is 9.47 Å². The third kappa shape index (κ3) is 4.58. The highest BCUT2D eigenvalue weighted by Crippen LogP contribution is 2.15. The lowest BCUT2D eigenvalue weighted by Gasteiger charge is -2.11. The maximum atomic E-state index is 5.78. The Morgan fingerprint density at radius 2 is 1.68 bits per heavy atom. The van der Waals surface area contributed by atoms with Gasteiger partial charge in [0.15, 0.2) is 0 Å². The summed E-state index contributed by atoms with van der Waals surface area (Å²) in [5.41, 5.74) is 2.36. The van der Waals surface area contributed by atoms with E-state index >= 15 is 0 Å². The van der Waals surface area contributed by atoms with E-state index in [0.29, 0.717) is 19.3 Å². The van der Waals surface area contributed by atoms with Crippen LogP contribution in [0.3, 0.4) is 0 Å². The van der Waals surface area contributed by atoms with Crippen molar-refractivity contribution in [3.8, 4) is 5.75 Å². The van der Waals surface area contributed by atoms with E-state index in [1.165, 1.54) is 24.0 Å². The Morgan fingerprint density at radius 1 is 0.909 bits per heavy atom. The van der Waals surface area contributed by atoms with Crippen LogP contribution in [0.4, 0.5) is 0 Å². The zero-order valence-corrected chi connectivity index (χ0v) is 12.8. The fourth-order valence-electron chi connectivity index (χ4n) is 2.64. The summed E-state index contributed by atoms with van der Waals surface area (Å²) in [5, 5.41) is 3.44. The van der Waals surface area contributed by atoms with Gasteiger partial charge >= 0.3 is 0 Å². The molecule has 0 bridgehead atoms. The summed E-state index contributed by atoms with van der Waals surface area (Å²) in [7, 11) is 0. The monoisotopic (exact) mass is 297 g/mol. The van der Waals surface area contributed by atoms with Gasteiger partial charge in [0.2, 0.25) is 0 Å². The molecule has 1 fully saturated rings. The molecule has 116 valence electrons. The first kappa shape index (κ1) is 15.1. The zero-order valence-electron chi connectivity index (χ0n) is 12.8. The summed E-state index contributed by atoms with van der Waals surface area (Å²) in [6, 6.07) is 18.9. The molecule has 1 saturated heterocycles. The van der Waals surface area contributed by atoms with E-state index in [2.05, 4.69) is 29.6 Å². The quantitative estimate of drug-likeness (QED) is 0.848. The molecule has 1 aliphatic rings. The topological polar surface area (TPSA) is 30.5 Å². The van der Waals surface area contributed by atoms with Gasteiger partial charge in [-0.25, -0.2) is 0 Å². The van der Waals surface area contributed by atoms with E-state index in [1.54, 1.807) is 0 Å². The Balaban J connectivity index is 1.41. The van der Waals surface area contributed by atoms with Crippen LogP contribution in [0.2, 0.25) is 0 Å². The van der Waals surface area contributed by atoms with Gasteiger partial charge in [-0.15, -0.1) is 0 Å². The molecule has 3 nitrogen and oxygen atoms in total. The molecule has 0 amide bonds. The highest BCUT2D eigenvalue weighted by Gasteiger charge is 2.13. The summed E-state index contributed by atoms with van der Waals surface area (Å²) in [6.07, 6.45) is 2.49. The second-order valence-electron chi connectivity index (χ2n) is 5.73. The van der Waals surface area contributed by atoms with Crippen molar-refractivity contribution in [3.63, 3.8) is 0 Å². The summed E-state index contributed by atoms with van der Waals surface area (Å²) < 4.78 is 11.6. The second-order valence-corrected chi connectivity index (χ2v) is 5.73. The molecule has 3 rings (SSSR count). The number of hydrogen-bond donors (Lipinski definition) is 1. The fraction of sp³-hybridized carbons (Fsp3) is 0.368. The lowest BCUT2D eigenvalue weighted by Crippen LogP contribution is -2.26. The van der Waals surface area contributed by atoms with Crippen LogP contribution in [0.5, 0.6) is 5.75 Å². The van der Waals surface area contributed by atoms with Crippen molar-refractivity contribution in [2.75, 3.05) is 13.2 Å². The highest BCUT2D eigenvalue weighted by atomic mass is 16.5. The van der Waals surface area contributed by atoms with Gasteiger partial charge in [-0.05, 0) is 42.6 Å².